The normalized spacial score (nSPS) is 58.2. The summed E-state index contributed by atoms with van der Waals surface area (Å²) in [5.41, 5.74) is -2.12. The van der Waals surface area contributed by atoms with Crippen molar-refractivity contribution in [2.24, 2.45) is 34.5 Å². The fourth-order valence-electron chi connectivity index (χ4n) is 6.45. The molecule has 0 spiro atoms. The summed E-state index contributed by atoms with van der Waals surface area (Å²) in [5, 5.41) is 21.0. The number of carbonyl (C=O) groups excluding carboxylic acids is 2. The van der Waals surface area contributed by atoms with Crippen LogP contribution >= 0.6 is 0 Å². The zero-order chi connectivity index (χ0) is 24.2. The average molecular weight is 354 g/mol. The maximum absolute atomic E-state index is 12.7. The first kappa shape index (κ1) is 11.0. The molecule has 25 heavy (non-hydrogen) atoms. The van der Waals surface area contributed by atoms with Gasteiger partial charge in [-0.1, -0.05) is 19.4 Å². The molecule has 0 unspecified atom stereocenters. The van der Waals surface area contributed by atoms with Crippen molar-refractivity contribution in [3.63, 3.8) is 0 Å². The predicted octanol–water partition coefficient (Wildman–Crippen LogP) is 2.67. The van der Waals surface area contributed by atoms with Gasteiger partial charge in [0, 0.05) is 17.8 Å². The van der Waals surface area contributed by atoms with E-state index in [4.69, 9.17) is 9.60 Å². The molecule has 4 heteroatoms. The molecule has 0 amide bonds. The molecular formula is C21H30O4. The summed E-state index contributed by atoms with van der Waals surface area (Å²) in [7, 11) is 0. The molecule has 0 bridgehead atoms. The molecule has 138 valence electrons. The quantitative estimate of drug-likeness (QED) is 0.800. The zero-order valence-corrected chi connectivity index (χ0v) is 14.6. The van der Waals surface area contributed by atoms with Crippen LogP contribution in [0.1, 0.15) is 68.3 Å². The smallest absolute Gasteiger partial charge is 0.161 e. The van der Waals surface area contributed by atoms with Gasteiger partial charge in [-0.15, -0.1) is 0 Å². The first-order chi connectivity index (χ1) is 14.4. The van der Waals surface area contributed by atoms with Gasteiger partial charge in [0.25, 0.3) is 0 Å². The van der Waals surface area contributed by atoms with Crippen LogP contribution in [0.25, 0.3) is 0 Å². The van der Waals surface area contributed by atoms with Crippen LogP contribution in [0.15, 0.2) is 11.6 Å². The standard InChI is InChI=1S/C21H30O4/c1-20-8-7-13(23)9-12(20)3-4-14-15-5-6-16(18(25)11-22)21(15,2)10-17(24)19(14)20/h9,14-17,19,22,24H,3-8,10-11H2,1-2H3/t14-,15-,16+,17-,19+,20-,21-/m1/s1/i3D2,7D2,9D,11D2. The molecule has 3 saturated carbocycles. The molecule has 0 aromatic rings. The number of aliphatic hydroxyl groups excluding tert-OH is 1. The third kappa shape index (κ3) is 2.33. The fourth-order valence-corrected chi connectivity index (χ4v) is 6.45. The van der Waals surface area contributed by atoms with Crippen LogP contribution in [0.5, 0.6) is 0 Å². The maximum atomic E-state index is 12.7. The lowest BCUT2D eigenvalue weighted by atomic mass is 9.46. The van der Waals surface area contributed by atoms with E-state index in [0.717, 1.165) is 0 Å². The highest BCUT2D eigenvalue weighted by Crippen LogP contribution is 2.66. The first-order valence-corrected chi connectivity index (χ1v) is 9.09. The van der Waals surface area contributed by atoms with Crippen LogP contribution in [0.2, 0.25) is 0 Å². The molecule has 7 atom stereocenters. The van der Waals surface area contributed by atoms with Gasteiger partial charge in [0.15, 0.2) is 11.6 Å². The largest absolute Gasteiger partial charge is 0.393 e. The van der Waals surface area contributed by atoms with Gasteiger partial charge in [0.2, 0.25) is 0 Å². The van der Waals surface area contributed by atoms with Crippen molar-refractivity contribution in [3.05, 3.63) is 11.6 Å². The topological polar surface area (TPSA) is 74.6 Å². The van der Waals surface area contributed by atoms with Crippen molar-refractivity contribution in [1.29, 1.82) is 0 Å². The van der Waals surface area contributed by atoms with E-state index in [1.807, 2.05) is 0 Å². The molecule has 2 N–H and O–H groups in total. The Hall–Kier alpha value is -1.00. The molecule has 0 radical (unpaired) electrons. The minimum atomic E-state index is -2.99. The monoisotopic (exact) mass is 353 g/mol. The van der Waals surface area contributed by atoms with E-state index in [-0.39, 0.29) is 30.8 Å². The Balaban J connectivity index is 1.83. The number of hydrogen-bond acceptors (Lipinski definition) is 4. The molecule has 3 fully saturated rings. The molecule has 0 saturated heterocycles. The van der Waals surface area contributed by atoms with Crippen LogP contribution < -0.4 is 0 Å². The Morgan fingerprint density at radius 1 is 1.40 bits per heavy atom. The molecular weight excluding hydrogens is 316 g/mol. The van der Waals surface area contributed by atoms with Gasteiger partial charge in [0.1, 0.15) is 6.56 Å². The van der Waals surface area contributed by atoms with Crippen molar-refractivity contribution in [2.75, 3.05) is 6.56 Å². The van der Waals surface area contributed by atoms with Gasteiger partial charge in [-0.25, -0.2) is 0 Å². The van der Waals surface area contributed by atoms with Gasteiger partial charge in [-0.2, -0.15) is 0 Å². The maximum Gasteiger partial charge on any atom is 0.161 e. The highest BCUT2D eigenvalue weighted by Gasteiger charge is 2.62. The Morgan fingerprint density at radius 2 is 2.16 bits per heavy atom. The van der Waals surface area contributed by atoms with Crippen LogP contribution in [0, 0.1) is 34.5 Å². The Bertz CT molecular complexity index is 910. The molecule has 0 aliphatic heterocycles. The second-order valence-electron chi connectivity index (χ2n) is 8.66. The summed E-state index contributed by atoms with van der Waals surface area (Å²) in [6, 6.07) is -0.638. The Morgan fingerprint density at radius 3 is 2.88 bits per heavy atom. The van der Waals surface area contributed by atoms with Crippen molar-refractivity contribution < 1.29 is 29.4 Å². The second kappa shape index (κ2) is 5.75. The number of allylic oxidation sites excluding steroid dienone is 1. The first-order valence-electron chi connectivity index (χ1n) is 12.6. The predicted molar refractivity (Wildman–Crippen MR) is 93.7 cm³/mol. The lowest BCUT2D eigenvalue weighted by Gasteiger charge is -2.59. The van der Waals surface area contributed by atoms with Gasteiger partial charge in [-0.05, 0) is 73.1 Å². The van der Waals surface area contributed by atoms with Gasteiger partial charge in [-0.3, -0.25) is 9.59 Å². The highest BCUT2D eigenvalue weighted by molar-refractivity contribution is 5.91. The molecule has 4 aliphatic rings. The minimum Gasteiger partial charge on any atom is -0.393 e. The van der Waals surface area contributed by atoms with E-state index in [9.17, 15) is 19.8 Å². The van der Waals surface area contributed by atoms with Crippen molar-refractivity contribution in [3.8, 4) is 0 Å². The Labute approximate surface area is 159 Å². The summed E-state index contributed by atoms with van der Waals surface area (Å²) < 4.78 is 57.1. The van der Waals surface area contributed by atoms with E-state index in [1.165, 1.54) is 0 Å². The zero-order valence-electron chi connectivity index (χ0n) is 21.6. The van der Waals surface area contributed by atoms with Crippen molar-refractivity contribution in [1.82, 2.24) is 0 Å². The van der Waals surface area contributed by atoms with Crippen molar-refractivity contribution in [2.45, 2.75) is 64.8 Å². The fraction of sp³-hybridized carbons (Fsp3) is 0.810. The number of fused-ring (bicyclic) bond motifs is 5. The van der Waals surface area contributed by atoms with Crippen LogP contribution in [0.4, 0.5) is 0 Å². The molecule has 0 aromatic carbocycles. The lowest BCUT2D eigenvalue weighted by molar-refractivity contribution is -0.146. The van der Waals surface area contributed by atoms with Gasteiger partial charge < -0.3 is 10.2 Å². The van der Waals surface area contributed by atoms with E-state index >= 15 is 0 Å². The molecule has 4 rings (SSSR count). The number of Topliss-reactive ketones (excluding diaryl/α,β-unsaturated/α-hetero) is 1. The van der Waals surface area contributed by atoms with Crippen LogP contribution in [-0.4, -0.2) is 34.4 Å². The molecule has 4 aliphatic carbocycles. The van der Waals surface area contributed by atoms with E-state index < -0.39 is 71.6 Å². The van der Waals surface area contributed by atoms with E-state index in [2.05, 4.69) is 0 Å². The number of hydrogen-bond donors (Lipinski definition) is 2. The molecule has 4 nitrogen and oxygen atoms in total. The average Bonchev–Trinajstić information content (AvgIpc) is 2.92. The summed E-state index contributed by atoms with van der Waals surface area (Å²) >= 11 is 0. The third-order valence-corrected chi connectivity index (χ3v) is 7.55. The third-order valence-electron chi connectivity index (χ3n) is 7.55. The van der Waals surface area contributed by atoms with Crippen LogP contribution in [0.3, 0.4) is 0 Å². The van der Waals surface area contributed by atoms with Gasteiger partial charge >= 0.3 is 0 Å². The van der Waals surface area contributed by atoms with E-state index in [0.29, 0.717) is 12.8 Å². The van der Waals surface area contributed by atoms with E-state index in [1.54, 1.807) is 13.8 Å². The number of ketones is 2. The van der Waals surface area contributed by atoms with Crippen LogP contribution in [-0.2, 0) is 9.59 Å². The summed E-state index contributed by atoms with van der Waals surface area (Å²) in [4.78, 5) is 25.1. The van der Waals surface area contributed by atoms with Crippen molar-refractivity contribution >= 4 is 11.6 Å². The number of carbonyl (C=O) groups is 2. The summed E-state index contributed by atoms with van der Waals surface area (Å²) in [5.74, 6) is -4.04. The second-order valence-corrected chi connectivity index (χ2v) is 8.66. The Kier molecular flexibility index (Phi) is 2.53. The minimum absolute atomic E-state index is 0.0358. The summed E-state index contributed by atoms with van der Waals surface area (Å²) in [6.07, 6.45) is -4.87. The van der Waals surface area contributed by atoms with Gasteiger partial charge in [0.05, 0.1) is 10.2 Å². The number of rotatable bonds is 2. The lowest BCUT2D eigenvalue weighted by Crippen LogP contribution is -2.57. The highest BCUT2D eigenvalue weighted by atomic mass is 16.3. The number of aliphatic hydroxyl groups is 2. The summed E-state index contributed by atoms with van der Waals surface area (Å²) in [6.45, 7) is 0.445. The molecule has 0 aromatic heterocycles. The molecule has 0 heterocycles. The SMILES string of the molecule is [2H]C1=C2C([2H])([2H])C[C@H]3[C@@H]([C@H](O)C[C@]4(C)[C@@H]3CC[C@H]4C(=O)C([2H])([2H])O)[C@]2(C)CC([2H])([2H])C1=O.